The minimum atomic E-state index is -1.36. The molecular weight excluding hydrogens is 248 g/mol. The van der Waals surface area contributed by atoms with E-state index in [1.165, 1.54) is 30.8 Å². The number of carbonyl (C=O) groups excluding carboxylic acids is 1. The molecule has 0 radical (unpaired) electrons. The van der Waals surface area contributed by atoms with E-state index in [1.54, 1.807) is 5.19 Å². The van der Waals surface area contributed by atoms with Crippen LogP contribution in [0, 0.1) is 5.92 Å². The first kappa shape index (κ1) is 14.3. The van der Waals surface area contributed by atoms with Crippen LogP contribution < -0.4 is 5.19 Å². The second kappa shape index (κ2) is 6.85. The van der Waals surface area contributed by atoms with Crippen LogP contribution >= 0.6 is 0 Å². The molecule has 1 aliphatic heterocycles. The summed E-state index contributed by atoms with van der Waals surface area (Å²) in [6.45, 7) is 3.83. The Morgan fingerprint density at radius 3 is 2.47 bits per heavy atom. The molecule has 0 bridgehead atoms. The summed E-state index contributed by atoms with van der Waals surface area (Å²) in [4.78, 5) is 11.0. The largest absolute Gasteiger partial charge is 0.303 e. The van der Waals surface area contributed by atoms with E-state index in [0.29, 0.717) is 5.92 Å². The van der Waals surface area contributed by atoms with Crippen molar-refractivity contribution in [1.29, 1.82) is 0 Å². The summed E-state index contributed by atoms with van der Waals surface area (Å²) in [6, 6.07) is 15.0. The van der Waals surface area contributed by atoms with Crippen molar-refractivity contribution in [2.75, 3.05) is 0 Å². The average molecular weight is 272 g/mol. The van der Waals surface area contributed by atoms with Crippen LogP contribution in [0.15, 0.2) is 43.0 Å². The summed E-state index contributed by atoms with van der Waals surface area (Å²) >= 11 is 0. The maximum atomic E-state index is 11.0. The highest BCUT2D eigenvalue weighted by atomic mass is 28.3. The first-order valence-electron chi connectivity index (χ1n) is 7.42. The zero-order valence-electron chi connectivity index (χ0n) is 11.7. The van der Waals surface area contributed by atoms with Gasteiger partial charge in [-0.2, -0.15) is 0 Å². The van der Waals surface area contributed by atoms with E-state index in [-0.39, 0.29) is 0 Å². The predicted octanol–water partition coefficient (Wildman–Crippen LogP) is 3.92. The van der Waals surface area contributed by atoms with Crippen molar-refractivity contribution in [2.24, 2.45) is 5.92 Å². The third-order valence-electron chi connectivity index (χ3n) is 4.63. The molecule has 1 heterocycles. The number of unbranched alkanes of at least 4 members (excludes halogenated alkanes) is 1. The Labute approximate surface area is 117 Å². The lowest BCUT2D eigenvalue weighted by Gasteiger charge is -2.38. The molecule has 1 saturated heterocycles. The minimum absolute atomic E-state index is 0.323. The van der Waals surface area contributed by atoms with Crippen molar-refractivity contribution in [2.45, 2.75) is 43.8 Å². The zero-order chi connectivity index (χ0) is 13.6. The van der Waals surface area contributed by atoms with Crippen molar-refractivity contribution < 1.29 is 4.79 Å². The van der Waals surface area contributed by atoms with Gasteiger partial charge in [0.05, 0.1) is 8.07 Å². The Bertz CT molecular complexity index is 399. The molecule has 1 aliphatic rings. The third kappa shape index (κ3) is 3.44. The highest BCUT2D eigenvalue weighted by Gasteiger charge is 2.38. The first-order valence-corrected chi connectivity index (χ1v) is 10.0. The molecule has 2 heteroatoms. The molecule has 0 spiro atoms. The van der Waals surface area contributed by atoms with Crippen LogP contribution in [0.5, 0.6) is 0 Å². The van der Waals surface area contributed by atoms with E-state index < -0.39 is 8.07 Å². The normalized spacial score (nSPS) is 26.8. The second-order valence-corrected chi connectivity index (χ2v) is 10.4. The summed E-state index contributed by atoms with van der Waals surface area (Å²) in [5.74, 6) is 0.323. The quantitative estimate of drug-likeness (QED) is 0.332. The molecular formula is C17H24OSi. The molecule has 1 aromatic carbocycles. The van der Waals surface area contributed by atoms with E-state index in [9.17, 15) is 4.79 Å². The number of rotatable bonds is 6. The molecule has 0 aliphatic carbocycles. The van der Waals surface area contributed by atoms with Gasteiger partial charge in [0.25, 0.3) is 0 Å². The number of carbonyl (C=O) groups is 1. The van der Waals surface area contributed by atoms with Crippen LogP contribution in [-0.2, 0) is 4.79 Å². The number of allylic oxidation sites excluding steroid dienone is 1. The van der Waals surface area contributed by atoms with Gasteiger partial charge in [-0.1, -0.05) is 66.1 Å². The summed E-state index contributed by atoms with van der Waals surface area (Å²) in [5, 5.41) is 1.60. The maximum absolute atomic E-state index is 11.0. The fourth-order valence-electron chi connectivity index (χ4n) is 3.39. The summed E-state index contributed by atoms with van der Waals surface area (Å²) in [5.41, 5.74) is 0. The van der Waals surface area contributed by atoms with Crippen molar-refractivity contribution in [1.82, 2.24) is 0 Å². The van der Waals surface area contributed by atoms with E-state index in [1.807, 2.05) is 6.08 Å². The summed E-state index contributed by atoms with van der Waals surface area (Å²) in [6.07, 6.45) is 7.81. The minimum Gasteiger partial charge on any atom is -0.303 e. The van der Waals surface area contributed by atoms with Gasteiger partial charge in [-0.15, -0.1) is 6.58 Å². The van der Waals surface area contributed by atoms with Crippen LogP contribution in [-0.4, -0.2) is 14.4 Å². The maximum Gasteiger partial charge on any atom is 0.123 e. The molecule has 0 atom stereocenters. The topological polar surface area (TPSA) is 17.1 Å². The number of hydrogen-bond donors (Lipinski definition) is 0. The standard InChI is InChI=1S/C17H24OSi/c1-2-3-7-12-19(17-8-5-4-6-9-17)13-10-16(15-18)11-14-19/h2,4-6,8-9,15-16H,1,3,7,10-14H2. The first-order chi connectivity index (χ1) is 9.30. The Kier molecular flexibility index (Phi) is 5.14. The van der Waals surface area contributed by atoms with Crippen molar-refractivity contribution in [3.8, 4) is 0 Å². The molecule has 2 rings (SSSR count). The third-order valence-corrected chi connectivity index (χ3v) is 9.99. The highest BCUT2D eigenvalue weighted by Crippen LogP contribution is 2.35. The summed E-state index contributed by atoms with van der Waals surface area (Å²) < 4.78 is 0. The fraction of sp³-hybridized carbons (Fsp3) is 0.471. The SMILES string of the molecule is C=CCCC[Si]1(c2ccccc2)CCC(C=O)CC1. The van der Waals surface area contributed by atoms with Gasteiger partial charge in [-0.3, -0.25) is 0 Å². The van der Waals surface area contributed by atoms with Crippen LogP contribution in [0.2, 0.25) is 18.1 Å². The van der Waals surface area contributed by atoms with Crippen LogP contribution in [0.4, 0.5) is 0 Å². The van der Waals surface area contributed by atoms with Gasteiger partial charge in [-0.05, 0) is 19.3 Å². The molecule has 1 aromatic rings. The van der Waals surface area contributed by atoms with Gasteiger partial charge in [0.1, 0.15) is 6.29 Å². The van der Waals surface area contributed by atoms with E-state index in [0.717, 1.165) is 19.3 Å². The molecule has 0 saturated carbocycles. The van der Waals surface area contributed by atoms with E-state index >= 15 is 0 Å². The molecule has 102 valence electrons. The Morgan fingerprint density at radius 2 is 1.89 bits per heavy atom. The van der Waals surface area contributed by atoms with Gasteiger partial charge < -0.3 is 4.79 Å². The molecule has 1 nitrogen and oxygen atoms in total. The van der Waals surface area contributed by atoms with Crippen LogP contribution in [0.1, 0.15) is 25.7 Å². The molecule has 0 aromatic heterocycles. The Morgan fingerprint density at radius 1 is 1.21 bits per heavy atom. The highest BCUT2D eigenvalue weighted by molar-refractivity contribution is 6.92. The molecule has 0 amide bonds. The molecule has 0 N–H and O–H groups in total. The van der Waals surface area contributed by atoms with Crippen LogP contribution in [0.3, 0.4) is 0 Å². The molecule has 19 heavy (non-hydrogen) atoms. The molecule has 1 fully saturated rings. The van der Waals surface area contributed by atoms with Gasteiger partial charge in [-0.25, -0.2) is 0 Å². The lowest BCUT2D eigenvalue weighted by molar-refractivity contribution is -0.111. The number of hydrogen-bond acceptors (Lipinski definition) is 1. The fourth-order valence-corrected chi connectivity index (χ4v) is 8.63. The van der Waals surface area contributed by atoms with E-state index in [2.05, 4.69) is 36.9 Å². The second-order valence-electron chi connectivity index (χ2n) is 5.80. The summed E-state index contributed by atoms with van der Waals surface area (Å²) in [7, 11) is -1.36. The predicted molar refractivity (Wildman–Crippen MR) is 84.5 cm³/mol. The average Bonchev–Trinajstić information content (AvgIpc) is 2.49. The van der Waals surface area contributed by atoms with Gasteiger partial charge in [0, 0.05) is 5.92 Å². The number of benzene rings is 1. The smallest absolute Gasteiger partial charge is 0.123 e. The molecule has 0 unspecified atom stereocenters. The van der Waals surface area contributed by atoms with Crippen molar-refractivity contribution >= 4 is 19.5 Å². The van der Waals surface area contributed by atoms with Gasteiger partial charge in [0.15, 0.2) is 0 Å². The monoisotopic (exact) mass is 272 g/mol. The van der Waals surface area contributed by atoms with E-state index in [4.69, 9.17) is 0 Å². The van der Waals surface area contributed by atoms with Gasteiger partial charge >= 0.3 is 0 Å². The Hall–Kier alpha value is -1.15. The number of aldehydes is 1. The van der Waals surface area contributed by atoms with Gasteiger partial charge in [0.2, 0.25) is 0 Å². The van der Waals surface area contributed by atoms with Crippen LogP contribution in [0.25, 0.3) is 0 Å². The van der Waals surface area contributed by atoms with Crippen molar-refractivity contribution in [3.63, 3.8) is 0 Å². The lowest BCUT2D eigenvalue weighted by Crippen LogP contribution is -2.50. The zero-order valence-corrected chi connectivity index (χ0v) is 12.7. The Balaban J connectivity index is 2.14. The lowest BCUT2D eigenvalue weighted by atomic mass is 10.1. The van der Waals surface area contributed by atoms with Crippen molar-refractivity contribution in [3.05, 3.63) is 43.0 Å².